The maximum atomic E-state index is 13.6. The van der Waals surface area contributed by atoms with E-state index < -0.39 is 96.1 Å². The van der Waals surface area contributed by atoms with Crippen LogP contribution in [-0.4, -0.2) is 154 Å². The molecule has 2 saturated carbocycles. The second kappa shape index (κ2) is 34.8. The summed E-state index contributed by atoms with van der Waals surface area (Å²) in [5, 5.41) is 21.0. The number of carbonyl (C=O) groups is 2. The molecule has 2 aromatic heterocycles. The molecule has 618 valence electrons. The highest BCUT2D eigenvalue weighted by Gasteiger charge is 2.46. The molecule has 22 nitrogen and oxygen atoms in total. The second-order valence-electron chi connectivity index (χ2n) is 31.8. The summed E-state index contributed by atoms with van der Waals surface area (Å²) in [6.07, 6.45) is 14.3. The van der Waals surface area contributed by atoms with Gasteiger partial charge in [-0.3, -0.25) is 9.97 Å². The van der Waals surface area contributed by atoms with Gasteiger partial charge < -0.3 is 38.6 Å². The Balaban J connectivity index is 0.000000153. The molecule has 29 heteroatoms. The number of benzene rings is 6. The third kappa shape index (κ3) is 22.1. The molecule has 0 amide bonds. The topological polar surface area (TPSA) is 326 Å². The average molecular weight is 1700 g/mol. The van der Waals surface area contributed by atoms with Crippen molar-refractivity contribution in [2.24, 2.45) is 17.3 Å². The van der Waals surface area contributed by atoms with Crippen molar-refractivity contribution in [2.45, 2.75) is 161 Å². The third-order valence-corrected chi connectivity index (χ3v) is 25.5. The molecule has 2 fully saturated rings. The number of hydrogen-bond acceptors (Lipinski definition) is 22. The molecular formula is C87H96ClFN2O20S5. The van der Waals surface area contributed by atoms with E-state index in [1.54, 1.807) is 149 Å². The van der Waals surface area contributed by atoms with Gasteiger partial charge in [0.15, 0.2) is 54.9 Å². The van der Waals surface area contributed by atoms with Crippen molar-refractivity contribution in [1.29, 1.82) is 0 Å². The first-order valence-corrected chi connectivity index (χ1v) is 47.0. The van der Waals surface area contributed by atoms with Gasteiger partial charge in [0, 0.05) is 77.7 Å². The number of esters is 2. The highest BCUT2D eigenvalue weighted by atomic mass is 35.5. The van der Waals surface area contributed by atoms with Crippen LogP contribution in [-0.2, 0) is 87.2 Å². The van der Waals surface area contributed by atoms with Crippen molar-refractivity contribution in [1.82, 2.24) is 9.97 Å². The van der Waals surface area contributed by atoms with Crippen LogP contribution in [0.15, 0.2) is 224 Å². The number of pyridine rings is 2. The maximum Gasteiger partial charge on any atom is 0.374 e. The lowest BCUT2D eigenvalue weighted by Gasteiger charge is -2.23. The highest BCUT2D eigenvalue weighted by molar-refractivity contribution is 7.91. The molecule has 3 aliphatic carbocycles. The second-order valence-corrected chi connectivity index (χ2v) is 42.3. The van der Waals surface area contributed by atoms with E-state index in [-0.39, 0.29) is 42.4 Å². The van der Waals surface area contributed by atoms with Gasteiger partial charge in [-0.15, -0.1) is 0 Å². The number of aliphatic hydroxyl groups is 2. The van der Waals surface area contributed by atoms with Crippen LogP contribution in [0, 0.1) is 23.1 Å². The van der Waals surface area contributed by atoms with Crippen LogP contribution in [0.1, 0.15) is 129 Å². The zero-order valence-corrected chi connectivity index (χ0v) is 71.9. The molecule has 116 heavy (non-hydrogen) atoms. The predicted molar refractivity (Wildman–Crippen MR) is 443 cm³/mol. The molecule has 3 aliphatic heterocycles. The monoisotopic (exact) mass is 1700 g/mol. The fraction of sp³-hybridized carbons (Fsp3) is 0.356. The van der Waals surface area contributed by atoms with Gasteiger partial charge >= 0.3 is 11.9 Å². The molecule has 0 bridgehead atoms. The third-order valence-electron chi connectivity index (χ3n) is 19.6. The number of nitrogens with zero attached hydrogens (tertiary/aromatic N) is 2. The van der Waals surface area contributed by atoms with Crippen LogP contribution in [0.3, 0.4) is 0 Å². The quantitative estimate of drug-likeness (QED) is 0.0669. The van der Waals surface area contributed by atoms with Gasteiger partial charge in [0.1, 0.15) is 28.9 Å². The zero-order chi connectivity index (χ0) is 85.2. The van der Waals surface area contributed by atoms with Gasteiger partial charge in [0.05, 0.1) is 71.3 Å². The highest BCUT2D eigenvalue weighted by Crippen LogP contribution is 2.50. The molecule has 2 unspecified atom stereocenters. The van der Waals surface area contributed by atoms with E-state index >= 15 is 0 Å². The molecular weight excluding hydrogens is 1610 g/mol. The molecule has 0 spiro atoms. The van der Waals surface area contributed by atoms with E-state index in [1.165, 1.54) is 61.2 Å². The minimum atomic E-state index is -3.32. The predicted octanol–water partition coefficient (Wildman–Crippen LogP) is 15.3. The fourth-order valence-electron chi connectivity index (χ4n) is 13.7. The number of halogens is 2. The summed E-state index contributed by atoms with van der Waals surface area (Å²) in [4.78, 5) is 34.3. The molecule has 14 rings (SSSR count). The Labute approximate surface area is 684 Å². The standard InChI is InChI=1S/C19H17FO4S.C17H13ClN2O2S.C17H22O5S.C17H20O5S.C17H24O4S/c1-19(2)17(12-7-9-15(10-8-12)25(3,22)23)16(18(21)24-19)13-5-4-6-14(20)11-13;1-23(21,22)15-6-4-12(5-7-15)16-9-14(18)11-20-17(16)13-3-2-8-19-10-13;2*1-17(2)14(12-6-8-13(9-7-12)23(3,19)20)15(16(18)22-17)21-10-11-4-5-11;1-11(2)21-16-14(18)10-17(3,4)15(16)12-6-8-13(9-7-12)22(5,19)20/h4-11H,1-3H3;2-11H,1H3;6-9,11,16,18H,4-5,10H2,1-3H3;6-9,11H,4-5,10H2,1-3H3;6-9,11,14,18H,10H2,1-5H3. The van der Waals surface area contributed by atoms with Crippen molar-refractivity contribution in [3.05, 3.63) is 238 Å². The summed E-state index contributed by atoms with van der Waals surface area (Å²) in [6, 6.07) is 44.1. The summed E-state index contributed by atoms with van der Waals surface area (Å²) in [7, 11) is -16.2. The fourth-order valence-corrected chi connectivity index (χ4v) is 17.0. The van der Waals surface area contributed by atoms with Crippen LogP contribution < -0.4 is 0 Å². The number of cyclic esters (lactones) is 2. The van der Waals surface area contributed by atoms with Crippen molar-refractivity contribution in [2.75, 3.05) is 44.5 Å². The van der Waals surface area contributed by atoms with E-state index in [9.17, 15) is 66.3 Å². The smallest absolute Gasteiger partial charge is 0.374 e. The first kappa shape index (κ1) is 89.1. The Hall–Kier alpha value is -9.23. The molecule has 2 atom stereocenters. The van der Waals surface area contributed by atoms with Crippen LogP contribution in [0.4, 0.5) is 4.39 Å². The van der Waals surface area contributed by atoms with E-state index in [0.717, 1.165) is 88.4 Å². The number of hydrogen-bond donors (Lipinski definition) is 2. The van der Waals surface area contributed by atoms with Crippen LogP contribution in [0.5, 0.6) is 0 Å². The number of aliphatic hydroxyl groups excluding tert-OH is 2. The lowest BCUT2D eigenvalue weighted by molar-refractivity contribution is -0.147. The van der Waals surface area contributed by atoms with E-state index in [4.69, 9.17) is 40.0 Å². The number of aromatic nitrogens is 2. The van der Waals surface area contributed by atoms with Crippen molar-refractivity contribution in [3.63, 3.8) is 0 Å². The number of allylic oxidation sites excluding steroid dienone is 1. The van der Waals surface area contributed by atoms with Gasteiger partial charge in [0.25, 0.3) is 0 Å². The Morgan fingerprint density at radius 1 is 0.483 bits per heavy atom. The molecule has 8 aromatic rings. The molecule has 5 heterocycles. The number of ether oxygens (including phenoxy) is 6. The van der Waals surface area contributed by atoms with Gasteiger partial charge in [-0.2, -0.15) is 0 Å². The largest absolute Gasteiger partial charge is 0.492 e. The van der Waals surface area contributed by atoms with Crippen LogP contribution in [0.25, 0.3) is 50.2 Å². The number of rotatable bonds is 20. The van der Waals surface area contributed by atoms with Gasteiger partial charge in [-0.1, -0.05) is 98.2 Å². The molecule has 0 saturated heterocycles. The van der Waals surface area contributed by atoms with Crippen LogP contribution in [0.2, 0.25) is 5.02 Å². The Morgan fingerprint density at radius 2 is 0.897 bits per heavy atom. The number of sulfone groups is 5. The summed E-state index contributed by atoms with van der Waals surface area (Å²) < 4.78 is 163. The Bertz CT molecular complexity index is 5760. The SMILES string of the molecule is CC(C)OC1=C(c2ccc(S(C)(=O)=O)cc2)C(C)(C)CC1O.CC1(C)OC(=O)C(OCC2CC2)=C1c1ccc(S(C)(=O)=O)cc1.CC1(C)OC(=O)C(c2cccc(F)c2)=C1c1ccc(S(C)(=O)=O)cc1.CC1(C)OC(O)C(OCC2CC2)=C1c1ccc(S(C)(=O)=O)cc1.CS(=O)(=O)c1ccc(-c2cc(Cl)cnc2-c2cccnc2)cc1. The molecule has 6 aromatic carbocycles. The van der Waals surface area contributed by atoms with Gasteiger partial charge in [-0.25, -0.2) is 56.1 Å². The summed E-state index contributed by atoms with van der Waals surface area (Å²) >= 11 is 6.08. The summed E-state index contributed by atoms with van der Waals surface area (Å²) in [5.74, 6) is 0.931. The van der Waals surface area contributed by atoms with Crippen LogP contribution >= 0.6 is 11.6 Å². The zero-order valence-electron chi connectivity index (χ0n) is 67.1. The molecule has 6 aliphatic rings. The van der Waals surface area contributed by atoms with Gasteiger partial charge in [-0.05, 0) is 229 Å². The van der Waals surface area contributed by atoms with E-state index in [1.807, 2.05) is 45.9 Å². The first-order chi connectivity index (χ1) is 53.9. The number of carbonyl (C=O) groups excluding carboxylic acids is 2. The first-order valence-electron chi connectivity index (χ1n) is 37.2. The van der Waals surface area contributed by atoms with Crippen molar-refractivity contribution >= 4 is 101 Å². The Morgan fingerprint density at radius 3 is 1.33 bits per heavy atom. The average Bonchev–Trinajstić information content (AvgIpc) is 1.60. The molecule has 2 N–H and O–H groups in total. The normalized spacial score (nSPS) is 18.8. The Kier molecular flexibility index (Phi) is 26.7. The van der Waals surface area contributed by atoms with E-state index in [2.05, 4.69) is 23.8 Å². The lowest BCUT2D eigenvalue weighted by atomic mass is 9.82. The summed E-state index contributed by atoms with van der Waals surface area (Å²) in [6.45, 7) is 19.9. The lowest BCUT2D eigenvalue weighted by Crippen LogP contribution is -2.24. The van der Waals surface area contributed by atoms with E-state index in [0.29, 0.717) is 75.2 Å². The van der Waals surface area contributed by atoms with Crippen molar-refractivity contribution < 1.29 is 94.7 Å². The summed E-state index contributed by atoms with van der Waals surface area (Å²) in [5.41, 5.74) is 7.42. The van der Waals surface area contributed by atoms with Crippen molar-refractivity contribution in [3.8, 4) is 22.4 Å². The maximum absolute atomic E-state index is 13.6. The van der Waals surface area contributed by atoms with Gasteiger partial charge in [0.2, 0.25) is 12.0 Å². The minimum Gasteiger partial charge on any atom is -0.492 e. The molecule has 0 radical (unpaired) electrons. The minimum absolute atomic E-state index is 0.0242.